The molecule has 38 heavy (non-hydrogen) atoms. The molecular formula is C32H56N2O4. The third-order valence-corrected chi connectivity index (χ3v) is 7.09. The summed E-state index contributed by atoms with van der Waals surface area (Å²) in [6.07, 6.45) is 14.0. The molecule has 0 saturated heterocycles. The molecule has 0 aliphatic rings. The fourth-order valence-electron chi connectivity index (χ4n) is 4.52. The molecule has 1 rings (SSSR count). The van der Waals surface area contributed by atoms with Gasteiger partial charge in [-0.2, -0.15) is 0 Å². The number of benzene rings is 1. The van der Waals surface area contributed by atoms with Crippen LogP contribution in [0.4, 0.5) is 0 Å². The Balaban J connectivity index is 2.27. The molecule has 0 saturated carbocycles. The molecule has 0 atom stereocenters. The van der Waals surface area contributed by atoms with E-state index in [9.17, 15) is 9.59 Å². The van der Waals surface area contributed by atoms with Gasteiger partial charge in [0.2, 0.25) is 0 Å². The largest absolute Gasteiger partial charge is 0.462 e. The molecule has 0 fully saturated rings. The van der Waals surface area contributed by atoms with Crippen LogP contribution in [0.15, 0.2) is 24.3 Å². The van der Waals surface area contributed by atoms with E-state index in [4.69, 9.17) is 9.47 Å². The van der Waals surface area contributed by atoms with Gasteiger partial charge in [0, 0.05) is 0 Å². The Hall–Kier alpha value is -1.92. The standard InChI is InChI=1S/C32H56N2O4/c1-5-9-11-13-22-33(7-3)24-15-17-26-37-31(35)29-20-19-21-30(28-29)32(36)38-27-18-16-25-34(8-4)23-14-12-10-6-2/h19-21,28H,5-18,22-27H2,1-4H3. The Morgan fingerprint density at radius 2 is 0.974 bits per heavy atom. The molecule has 0 aromatic heterocycles. The summed E-state index contributed by atoms with van der Waals surface area (Å²) in [5.41, 5.74) is 0.791. The average molecular weight is 533 g/mol. The topological polar surface area (TPSA) is 59.1 Å². The molecular weight excluding hydrogens is 476 g/mol. The van der Waals surface area contributed by atoms with E-state index in [1.165, 1.54) is 51.4 Å². The van der Waals surface area contributed by atoms with Gasteiger partial charge in [-0.05, 0) is 96.0 Å². The Morgan fingerprint density at radius 1 is 0.579 bits per heavy atom. The van der Waals surface area contributed by atoms with Crippen molar-refractivity contribution in [2.24, 2.45) is 0 Å². The SMILES string of the molecule is CCCCCCN(CC)CCCCOC(=O)c1cccc(C(=O)OCCCCN(CC)CCCCCC)c1. The van der Waals surface area contributed by atoms with Crippen molar-refractivity contribution in [3.05, 3.63) is 35.4 Å². The van der Waals surface area contributed by atoms with Gasteiger partial charge in [0.05, 0.1) is 24.3 Å². The first-order valence-electron chi connectivity index (χ1n) is 15.4. The van der Waals surface area contributed by atoms with E-state index >= 15 is 0 Å². The van der Waals surface area contributed by atoms with Gasteiger partial charge in [-0.1, -0.05) is 72.3 Å². The van der Waals surface area contributed by atoms with Crippen LogP contribution in [-0.4, -0.2) is 74.2 Å². The fraction of sp³-hybridized carbons (Fsp3) is 0.750. The number of hydrogen-bond donors (Lipinski definition) is 0. The van der Waals surface area contributed by atoms with E-state index in [2.05, 4.69) is 37.5 Å². The molecule has 1 aromatic rings. The van der Waals surface area contributed by atoms with Gasteiger partial charge in [0.25, 0.3) is 0 Å². The smallest absolute Gasteiger partial charge is 0.338 e. The second-order valence-electron chi connectivity index (χ2n) is 10.3. The van der Waals surface area contributed by atoms with Gasteiger partial charge in [-0.3, -0.25) is 0 Å². The monoisotopic (exact) mass is 532 g/mol. The van der Waals surface area contributed by atoms with Crippen molar-refractivity contribution in [2.45, 2.75) is 105 Å². The number of ether oxygens (including phenoxy) is 2. The number of carbonyl (C=O) groups excluding carboxylic acids is 2. The highest BCUT2D eigenvalue weighted by atomic mass is 16.5. The van der Waals surface area contributed by atoms with Crippen LogP contribution in [0.2, 0.25) is 0 Å². The zero-order chi connectivity index (χ0) is 27.8. The van der Waals surface area contributed by atoms with E-state index in [0.717, 1.165) is 65.0 Å². The summed E-state index contributed by atoms with van der Waals surface area (Å²) in [5.74, 6) is -0.768. The third kappa shape index (κ3) is 16.1. The normalized spacial score (nSPS) is 11.3. The van der Waals surface area contributed by atoms with Crippen LogP contribution in [0.25, 0.3) is 0 Å². The van der Waals surface area contributed by atoms with E-state index in [0.29, 0.717) is 24.3 Å². The summed E-state index contributed by atoms with van der Waals surface area (Å²) in [6.45, 7) is 16.2. The van der Waals surface area contributed by atoms with Crippen LogP contribution in [0.1, 0.15) is 125 Å². The van der Waals surface area contributed by atoms with E-state index in [-0.39, 0.29) is 11.9 Å². The van der Waals surface area contributed by atoms with Gasteiger partial charge in [-0.15, -0.1) is 0 Å². The molecule has 0 bridgehead atoms. The van der Waals surface area contributed by atoms with Crippen molar-refractivity contribution in [1.82, 2.24) is 9.80 Å². The van der Waals surface area contributed by atoms with Crippen molar-refractivity contribution in [1.29, 1.82) is 0 Å². The minimum absolute atomic E-state index is 0.384. The van der Waals surface area contributed by atoms with Crippen LogP contribution in [0, 0.1) is 0 Å². The molecule has 0 amide bonds. The molecule has 0 spiro atoms. The molecule has 0 unspecified atom stereocenters. The molecule has 6 heteroatoms. The second-order valence-corrected chi connectivity index (χ2v) is 10.3. The first-order valence-corrected chi connectivity index (χ1v) is 15.4. The van der Waals surface area contributed by atoms with Crippen LogP contribution >= 0.6 is 0 Å². The third-order valence-electron chi connectivity index (χ3n) is 7.09. The molecule has 0 heterocycles. The lowest BCUT2D eigenvalue weighted by atomic mass is 10.1. The van der Waals surface area contributed by atoms with E-state index < -0.39 is 0 Å². The first kappa shape index (κ1) is 34.1. The minimum Gasteiger partial charge on any atom is -0.462 e. The van der Waals surface area contributed by atoms with Crippen molar-refractivity contribution in [2.75, 3.05) is 52.5 Å². The van der Waals surface area contributed by atoms with E-state index in [1.807, 2.05) is 0 Å². The predicted molar refractivity (Wildman–Crippen MR) is 158 cm³/mol. The van der Waals surface area contributed by atoms with Crippen LogP contribution in [0.3, 0.4) is 0 Å². The Morgan fingerprint density at radius 3 is 1.34 bits per heavy atom. The zero-order valence-corrected chi connectivity index (χ0v) is 25.0. The first-order chi connectivity index (χ1) is 18.5. The Kier molecular flexibility index (Phi) is 20.7. The van der Waals surface area contributed by atoms with Gasteiger partial charge in [-0.25, -0.2) is 9.59 Å². The number of hydrogen-bond acceptors (Lipinski definition) is 6. The average Bonchev–Trinajstić information content (AvgIpc) is 2.94. The minimum atomic E-state index is -0.384. The maximum atomic E-state index is 12.5. The van der Waals surface area contributed by atoms with Crippen LogP contribution < -0.4 is 0 Å². The lowest BCUT2D eigenvalue weighted by molar-refractivity contribution is 0.0493. The van der Waals surface area contributed by atoms with Gasteiger partial charge >= 0.3 is 11.9 Å². The highest BCUT2D eigenvalue weighted by Gasteiger charge is 2.13. The Labute approximate surface area is 233 Å². The molecule has 0 aliphatic carbocycles. The quantitative estimate of drug-likeness (QED) is 0.102. The van der Waals surface area contributed by atoms with Gasteiger partial charge in [0.15, 0.2) is 0 Å². The summed E-state index contributed by atoms with van der Waals surface area (Å²) in [6, 6.07) is 6.67. The van der Waals surface area contributed by atoms with Crippen molar-refractivity contribution in [3.8, 4) is 0 Å². The maximum absolute atomic E-state index is 12.5. The number of carbonyl (C=O) groups is 2. The zero-order valence-electron chi connectivity index (χ0n) is 25.0. The highest BCUT2D eigenvalue weighted by Crippen LogP contribution is 2.10. The van der Waals surface area contributed by atoms with Crippen molar-refractivity contribution < 1.29 is 19.1 Å². The molecule has 0 aliphatic heterocycles. The summed E-state index contributed by atoms with van der Waals surface area (Å²) < 4.78 is 10.9. The van der Waals surface area contributed by atoms with Crippen molar-refractivity contribution in [3.63, 3.8) is 0 Å². The maximum Gasteiger partial charge on any atom is 0.338 e. The second kappa shape index (κ2) is 23.0. The van der Waals surface area contributed by atoms with Crippen LogP contribution in [-0.2, 0) is 9.47 Å². The lowest BCUT2D eigenvalue weighted by Crippen LogP contribution is -2.26. The highest BCUT2D eigenvalue weighted by molar-refractivity contribution is 5.95. The van der Waals surface area contributed by atoms with Gasteiger partial charge < -0.3 is 19.3 Å². The molecule has 6 nitrogen and oxygen atoms in total. The molecule has 1 aromatic carbocycles. The van der Waals surface area contributed by atoms with Crippen molar-refractivity contribution >= 4 is 11.9 Å². The summed E-state index contributed by atoms with van der Waals surface area (Å²) >= 11 is 0. The summed E-state index contributed by atoms with van der Waals surface area (Å²) in [4.78, 5) is 29.9. The molecule has 0 N–H and O–H groups in total. The predicted octanol–water partition coefficient (Wildman–Crippen LogP) is 7.37. The molecule has 0 radical (unpaired) electrons. The number of nitrogens with zero attached hydrogens (tertiary/aromatic N) is 2. The van der Waals surface area contributed by atoms with Crippen LogP contribution in [0.5, 0.6) is 0 Å². The summed E-state index contributed by atoms with van der Waals surface area (Å²) in [5, 5.41) is 0. The van der Waals surface area contributed by atoms with Gasteiger partial charge in [0.1, 0.15) is 0 Å². The Bertz CT molecular complexity index is 683. The summed E-state index contributed by atoms with van der Waals surface area (Å²) in [7, 11) is 0. The number of esters is 2. The number of unbranched alkanes of at least 4 members (excludes halogenated alkanes) is 8. The number of rotatable bonds is 24. The molecule has 218 valence electrons. The lowest BCUT2D eigenvalue weighted by Gasteiger charge is -2.20. The van der Waals surface area contributed by atoms with E-state index in [1.54, 1.807) is 24.3 Å². The fourth-order valence-corrected chi connectivity index (χ4v) is 4.52.